The number of nitrogens with zero attached hydrogens (tertiary/aromatic N) is 3. The first kappa shape index (κ1) is 23.4. The summed E-state index contributed by atoms with van der Waals surface area (Å²) in [7, 11) is -2.97. The molecule has 0 N–H and O–H groups in total. The van der Waals surface area contributed by atoms with Crippen LogP contribution in [0.3, 0.4) is 0 Å². The topological polar surface area (TPSA) is 85.5 Å². The Hall–Kier alpha value is -4.31. The van der Waals surface area contributed by atoms with Gasteiger partial charge in [-0.25, -0.2) is 21.5 Å². The zero-order valence-corrected chi connectivity index (χ0v) is 20.0. The van der Waals surface area contributed by atoms with E-state index >= 15 is 4.39 Å². The Morgan fingerprint density at radius 1 is 0.944 bits per heavy atom. The van der Waals surface area contributed by atoms with Crippen LogP contribution in [0.25, 0.3) is 21.9 Å². The van der Waals surface area contributed by atoms with Crippen LogP contribution in [-0.4, -0.2) is 25.7 Å². The van der Waals surface area contributed by atoms with E-state index in [4.69, 9.17) is 9.26 Å². The first-order valence-corrected chi connectivity index (χ1v) is 12.2. The average molecular weight is 508 g/mol. The van der Waals surface area contributed by atoms with E-state index in [9.17, 15) is 12.8 Å². The predicted molar refractivity (Wildman–Crippen MR) is 131 cm³/mol. The first-order valence-electron chi connectivity index (χ1n) is 10.7. The van der Waals surface area contributed by atoms with Gasteiger partial charge in [0.05, 0.1) is 12.0 Å². The molecule has 7 nitrogen and oxygen atoms in total. The van der Waals surface area contributed by atoms with Crippen molar-refractivity contribution in [3.05, 3.63) is 96.5 Å². The lowest BCUT2D eigenvalue weighted by molar-refractivity contribution is 0.413. The number of rotatable bonds is 6. The van der Waals surface area contributed by atoms with Crippen molar-refractivity contribution in [2.75, 3.05) is 11.4 Å². The van der Waals surface area contributed by atoms with E-state index in [1.807, 2.05) is 0 Å². The SMILES string of the molecule is COc1cc(-c2ccc(F)c(C)c2)c(F)cc1N(c1ccon1)S(=O)(=O)c1ccc2cnccc2c1. The predicted octanol–water partition coefficient (Wildman–Crippen LogP) is 6.01. The molecule has 36 heavy (non-hydrogen) atoms. The number of hydrogen-bond acceptors (Lipinski definition) is 6. The molecule has 0 bridgehead atoms. The van der Waals surface area contributed by atoms with Gasteiger partial charge in [-0.2, -0.15) is 0 Å². The number of fused-ring (bicyclic) bond motifs is 1. The van der Waals surface area contributed by atoms with Crippen molar-refractivity contribution in [2.45, 2.75) is 11.8 Å². The first-order chi connectivity index (χ1) is 17.3. The Morgan fingerprint density at radius 3 is 2.50 bits per heavy atom. The molecule has 0 spiro atoms. The quantitative estimate of drug-likeness (QED) is 0.280. The summed E-state index contributed by atoms with van der Waals surface area (Å²) in [5.41, 5.74) is 0.763. The van der Waals surface area contributed by atoms with Crippen molar-refractivity contribution in [3.63, 3.8) is 0 Å². The zero-order valence-electron chi connectivity index (χ0n) is 19.1. The highest BCUT2D eigenvalue weighted by atomic mass is 32.2. The van der Waals surface area contributed by atoms with Crippen LogP contribution in [-0.2, 0) is 10.0 Å². The third-order valence-corrected chi connectivity index (χ3v) is 7.45. The lowest BCUT2D eigenvalue weighted by Crippen LogP contribution is -2.27. The highest BCUT2D eigenvalue weighted by Crippen LogP contribution is 2.41. The van der Waals surface area contributed by atoms with E-state index < -0.39 is 21.7 Å². The highest BCUT2D eigenvalue weighted by Gasteiger charge is 2.32. The lowest BCUT2D eigenvalue weighted by atomic mass is 10.0. The van der Waals surface area contributed by atoms with Crippen molar-refractivity contribution in [2.24, 2.45) is 0 Å². The van der Waals surface area contributed by atoms with Gasteiger partial charge in [-0.1, -0.05) is 17.3 Å². The Bertz CT molecular complexity index is 1690. The summed E-state index contributed by atoms with van der Waals surface area (Å²) in [6, 6.07) is 14.2. The monoisotopic (exact) mass is 507 g/mol. The number of sulfonamides is 1. The minimum Gasteiger partial charge on any atom is -0.495 e. The average Bonchev–Trinajstić information content (AvgIpc) is 3.40. The molecule has 0 fully saturated rings. The van der Waals surface area contributed by atoms with Crippen molar-refractivity contribution < 1.29 is 26.5 Å². The fourth-order valence-corrected chi connectivity index (χ4v) is 5.38. The van der Waals surface area contributed by atoms with E-state index in [2.05, 4.69) is 10.1 Å². The fourth-order valence-electron chi connectivity index (χ4n) is 3.91. The standard InChI is InChI=1S/C26H19F2N3O4S/c1-16-11-18(4-6-22(16)27)21-13-25(34-2)24(14-23(21)28)31(26-8-10-35-30-26)36(32,33)20-5-3-19-15-29-9-7-17(19)12-20/h3-15H,1-2H3. The van der Waals surface area contributed by atoms with Crippen molar-refractivity contribution >= 4 is 32.3 Å². The number of methoxy groups -OCH3 is 1. The largest absolute Gasteiger partial charge is 0.495 e. The van der Waals surface area contributed by atoms with Gasteiger partial charge in [0.2, 0.25) is 0 Å². The molecule has 10 heteroatoms. The molecular weight excluding hydrogens is 488 g/mol. The van der Waals surface area contributed by atoms with Crippen LogP contribution < -0.4 is 9.04 Å². The summed E-state index contributed by atoms with van der Waals surface area (Å²) in [6.07, 6.45) is 4.39. The molecule has 0 aliphatic rings. The molecule has 5 aromatic rings. The lowest BCUT2D eigenvalue weighted by Gasteiger charge is -2.24. The third kappa shape index (κ3) is 4.05. The van der Waals surface area contributed by atoms with Crippen LogP contribution in [0.4, 0.5) is 20.3 Å². The summed E-state index contributed by atoms with van der Waals surface area (Å²) in [5.74, 6) is -1.18. The van der Waals surface area contributed by atoms with Crippen LogP contribution in [0.15, 0.2) is 88.7 Å². The highest BCUT2D eigenvalue weighted by molar-refractivity contribution is 7.93. The molecule has 0 aliphatic carbocycles. The van der Waals surface area contributed by atoms with Gasteiger partial charge in [0.1, 0.15) is 29.3 Å². The second kappa shape index (κ2) is 9.04. The molecule has 0 radical (unpaired) electrons. The van der Waals surface area contributed by atoms with E-state index in [0.717, 1.165) is 15.8 Å². The maximum Gasteiger partial charge on any atom is 0.270 e. The van der Waals surface area contributed by atoms with Gasteiger partial charge in [-0.3, -0.25) is 4.98 Å². The summed E-state index contributed by atoms with van der Waals surface area (Å²) in [5, 5.41) is 5.21. The Labute approximate surface area is 205 Å². The smallest absolute Gasteiger partial charge is 0.270 e. The van der Waals surface area contributed by atoms with Crippen LogP contribution in [0, 0.1) is 18.6 Å². The minimum absolute atomic E-state index is 0.0510. The van der Waals surface area contributed by atoms with Crippen molar-refractivity contribution in [1.82, 2.24) is 10.1 Å². The number of hydrogen-bond donors (Lipinski definition) is 0. The number of ether oxygens (including phenoxy) is 1. The van der Waals surface area contributed by atoms with E-state index in [1.165, 1.54) is 55.8 Å². The molecule has 3 aromatic carbocycles. The number of anilines is 2. The summed E-state index contributed by atoms with van der Waals surface area (Å²) in [4.78, 5) is 3.99. The van der Waals surface area contributed by atoms with Crippen LogP contribution in [0.2, 0.25) is 0 Å². The fraction of sp³-hybridized carbons (Fsp3) is 0.0769. The summed E-state index contributed by atoms with van der Waals surface area (Å²) in [6.45, 7) is 1.57. The molecule has 0 saturated carbocycles. The van der Waals surface area contributed by atoms with Gasteiger partial charge in [-0.15, -0.1) is 0 Å². The molecule has 0 aliphatic heterocycles. The molecule has 182 valence electrons. The van der Waals surface area contributed by atoms with E-state index in [1.54, 1.807) is 31.5 Å². The van der Waals surface area contributed by atoms with Crippen LogP contribution in [0.5, 0.6) is 5.75 Å². The van der Waals surface area contributed by atoms with E-state index in [-0.39, 0.29) is 27.7 Å². The minimum atomic E-state index is -4.31. The Morgan fingerprint density at radius 2 is 1.78 bits per heavy atom. The molecule has 0 saturated heterocycles. The Balaban J connectivity index is 1.70. The van der Waals surface area contributed by atoms with Crippen LogP contribution >= 0.6 is 0 Å². The second-order valence-electron chi connectivity index (χ2n) is 7.98. The Kier molecular flexibility index (Phi) is 5.89. The summed E-state index contributed by atoms with van der Waals surface area (Å²) < 4.78 is 68.3. The van der Waals surface area contributed by atoms with Gasteiger partial charge in [-0.05, 0) is 59.8 Å². The van der Waals surface area contributed by atoms with Gasteiger partial charge in [0, 0.05) is 35.5 Å². The maximum atomic E-state index is 15.5. The van der Waals surface area contributed by atoms with Crippen molar-refractivity contribution in [3.8, 4) is 16.9 Å². The van der Waals surface area contributed by atoms with Gasteiger partial charge < -0.3 is 9.26 Å². The molecule has 5 rings (SSSR count). The number of pyridine rings is 1. The third-order valence-electron chi connectivity index (χ3n) is 5.74. The van der Waals surface area contributed by atoms with Gasteiger partial charge >= 0.3 is 0 Å². The molecule has 0 unspecified atom stereocenters. The van der Waals surface area contributed by atoms with Gasteiger partial charge in [0.15, 0.2) is 5.82 Å². The summed E-state index contributed by atoms with van der Waals surface area (Å²) >= 11 is 0. The second-order valence-corrected chi connectivity index (χ2v) is 9.77. The zero-order chi connectivity index (χ0) is 25.4. The molecule has 0 atom stereocenters. The normalized spacial score (nSPS) is 11.6. The van der Waals surface area contributed by atoms with Gasteiger partial charge in [0.25, 0.3) is 10.0 Å². The van der Waals surface area contributed by atoms with E-state index in [0.29, 0.717) is 16.5 Å². The molecule has 2 aromatic heterocycles. The molecular formula is C26H19F2N3O4S. The number of benzene rings is 3. The number of aromatic nitrogens is 2. The maximum absolute atomic E-state index is 15.5. The molecule has 2 heterocycles. The number of halogens is 2. The molecule has 0 amide bonds. The van der Waals surface area contributed by atoms with Crippen molar-refractivity contribution in [1.29, 1.82) is 0 Å². The van der Waals surface area contributed by atoms with Crippen LogP contribution in [0.1, 0.15) is 5.56 Å². The number of aryl methyl sites for hydroxylation is 1.